The minimum Gasteiger partial charge on any atom is -0.460 e. The van der Waals surface area contributed by atoms with E-state index in [1.165, 1.54) is 0 Å². The Balaban J connectivity index is 1.83. The molecule has 5 atom stereocenters. The number of ketones is 2. The van der Waals surface area contributed by atoms with Crippen molar-refractivity contribution in [3.8, 4) is 0 Å². The average Bonchev–Trinajstić information content (AvgIpc) is 3.79. The van der Waals surface area contributed by atoms with Crippen LogP contribution in [0.1, 0.15) is 98.6 Å². The Morgan fingerprint density at radius 3 is 1.78 bits per heavy atom. The van der Waals surface area contributed by atoms with Crippen LogP contribution >= 0.6 is 0 Å². The van der Waals surface area contributed by atoms with Crippen molar-refractivity contribution in [2.45, 2.75) is 124 Å². The predicted molar refractivity (Wildman–Crippen MR) is 194 cm³/mol. The number of hydrogen-bond acceptors (Lipinski definition) is 7. The molecule has 0 spiro atoms. The molecule has 1 saturated heterocycles. The molecule has 2 aromatic carbocycles. The first-order chi connectivity index (χ1) is 23.5. The maximum absolute atomic E-state index is 14.1. The molecule has 0 aromatic heterocycles. The van der Waals surface area contributed by atoms with Gasteiger partial charge in [0.15, 0.2) is 11.6 Å². The van der Waals surface area contributed by atoms with Crippen molar-refractivity contribution in [3.63, 3.8) is 0 Å². The van der Waals surface area contributed by atoms with Crippen LogP contribution in [-0.4, -0.2) is 59.2 Å². The second-order valence-corrected chi connectivity index (χ2v) is 15.8. The topological polar surface area (TPSA) is 131 Å². The van der Waals surface area contributed by atoms with Gasteiger partial charge >= 0.3 is 5.97 Å². The number of Topliss-reactive ketones (excluding diaryl/α,β-unsaturated/α-hetero) is 2. The Kier molecular flexibility index (Phi) is 14.9. The Labute approximate surface area is 298 Å². The van der Waals surface area contributed by atoms with Gasteiger partial charge in [0.2, 0.25) is 11.8 Å². The summed E-state index contributed by atoms with van der Waals surface area (Å²) in [6.45, 7) is 15.3. The van der Waals surface area contributed by atoms with E-state index >= 15 is 0 Å². The normalized spacial score (nSPS) is 18.1. The lowest BCUT2D eigenvalue weighted by Gasteiger charge is -2.27. The lowest BCUT2D eigenvalue weighted by molar-refractivity contribution is -0.157. The molecule has 1 aliphatic heterocycles. The number of hydrogen-bond donors (Lipinski definition) is 2. The quantitative estimate of drug-likeness (QED) is 0.125. The van der Waals surface area contributed by atoms with Gasteiger partial charge < -0.3 is 20.1 Å². The Morgan fingerprint density at radius 1 is 0.760 bits per heavy atom. The van der Waals surface area contributed by atoms with E-state index in [9.17, 15) is 24.0 Å². The van der Waals surface area contributed by atoms with Gasteiger partial charge in [0.1, 0.15) is 11.2 Å². The van der Waals surface area contributed by atoms with Gasteiger partial charge in [-0.15, -0.1) is 0 Å². The molecular formula is C41H58N2O7. The largest absolute Gasteiger partial charge is 0.460 e. The first kappa shape index (κ1) is 40.6. The minimum atomic E-state index is -0.902. The fraction of sp³-hybridized carbons (Fsp3) is 0.585. The maximum atomic E-state index is 14.1. The molecule has 2 N–H and O–H groups in total. The van der Waals surface area contributed by atoms with E-state index < -0.39 is 47.0 Å². The van der Waals surface area contributed by atoms with E-state index in [0.29, 0.717) is 32.3 Å². The van der Waals surface area contributed by atoms with Crippen molar-refractivity contribution in [1.29, 1.82) is 0 Å². The van der Waals surface area contributed by atoms with Gasteiger partial charge in [0, 0.05) is 18.3 Å². The fourth-order valence-corrected chi connectivity index (χ4v) is 6.08. The fourth-order valence-electron chi connectivity index (χ4n) is 6.08. The lowest BCUT2D eigenvalue weighted by atomic mass is 9.87. The summed E-state index contributed by atoms with van der Waals surface area (Å²) in [5, 5.41) is 5.95. The number of nitrogens with one attached hydrogen (secondary N) is 2. The van der Waals surface area contributed by atoms with Crippen LogP contribution in [-0.2, 0) is 46.3 Å². The second-order valence-electron chi connectivity index (χ2n) is 15.8. The van der Waals surface area contributed by atoms with E-state index in [1.54, 1.807) is 27.7 Å². The molecular weight excluding hydrogens is 632 g/mol. The molecule has 0 unspecified atom stereocenters. The molecule has 9 nitrogen and oxygen atoms in total. The third kappa shape index (κ3) is 13.8. The molecule has 50 heavy (non-hydrogen) atoms. The molecule has 1 aliphatic rings. The van der Waals surface area contributed by atoms with E-state index in [2.05, 4.69) is 10.6 Å². The maximum Gasteiger partial charge on any atom is 0.307 e. The number of carbonyl (C=O) groups is 5. The van der Waals surface area contributed by atoms with E-state index in [4.69, 9.17) is 9.47 Å². The van der Waals surface area contributed by atoms with Crippen LogP contribution in [0.5, 0.6) is 0 Å². The SMILES string of the molecule is CC(C)C[C@H](NC(=O)[C@H](CCc1ccccc1)CC(=O)OC(C)(C)C)C(=O)C[C@H](Cc1ccccc1)C(=O)N[C@@H](CC(C)C)C(=O)[C@@]1(C)CO1. The molecule has 274 valence electrons. The van der Waals surface area contributed by atoms with Crippen LogP contribution in [0.25, 0.3) is 0 Å². The molecule has 3 rings (SSSR count). The first-order valence-electron chi connectivity index (χ1n) is 18.1. The monoisotopic (exact) mass is 690 g/mol. The van der Waals surface area contributed by atoms with Gasteiger partial charge in [-0.3, -0.25) is 24.0 Å². The van der Waals surface area contributed by atoms with Gasteiger partial charge in [0.25, 0.3) is 0 Å². The van der Waals surface area contributed by atoms with Crippen molar-refractivity contribution in [3.05, 3.63) is 71.8 Å². The summed E-state index contributed by atoms with van der Waals surface area (Å²) >= 11 is 0. The number of aryl methyl sites for hydroxylation is 1. The number of benzene rings is 2. The van der Waals surface area contributed by atoms with Crippen molar-refractivity contribution in [1.82, 2.24) is 10.6 Å². The molecule has 2 aromatic rings. The zero-order valence-electron chi connectivity index (χ0n) is 31.3. The van der Waals surface area contributed by atoms with Gasteiger partial charge in [-0.1, -0.05) is 88.4 Å². The van der Waals surface area contributed by atoms with Crippen LogP contribution in [0.3, 0.4) is 0 Å². The molecule has 2 amide bonds. The Bertz CT molecular complexity index is 1430. The van der Waals surface area contributed by atoms with Crippen molar-refractivity contribution >= 4 is 29.4 Å². The highest BCUT2D eigenvalue weighted by Gasteiger charge is 2.50. The van der Waals surface area contributed by atoms with Crippen LogP contribution < -0.4 is 10.6 Å². The molecule has 1 fully saturated rings. The molecule has 0 radical (unpaired) electrons. The zero-order chi connectivity index (χ0) is 37.1. The molecule has 9 heteroatoms. The summed E-state index contributed by atoms with van der Waals surface area (Å²) in [6, 6.07) is 17.6. The van der Waals surface area contributed by atoms with Crippen molar-refractivity contribution in [2.75, 3.05) is 6.61 Å². The summed E-state index contributed by atoms with van der Waals surface area (Å²) in [5.41, 5.74) is 0.313. The Morgan fingerprint density at radius 2 is 1.26 bits per heavy atom. The third-order valence-electron chi connectivity index (χ3n) is 8.82. The van der Waals surface area contributed by atoms with Gasteiger partial charge in [-0.2, -0.15) is 0 Å². The summed E-state index contributed by atoms with van der Waals surface area (Å²) in [7, 11) is 0. The van der Waals surface area contributed by atoms with Gasteiger partial charge in [-0.25, -0.2) is 0 Å². The number of amides is 2. The van der Waals surface area contributed by atoms with Crippen LogP contribution in [0.4, 0.5) is 0 Å². The Hall–Kier alpha value is -3.85. The highest BCUT2D eigenvalue weighted by Crippen LogP contribution is 2.30. The second kappa shape index (κ2) is 18.4. The van der Waals surface area contributed by atoms with E-state index in [-0.39, 0.29) is 48.6 Å². The summed E-state index contributed by atoms with van der Waals surface area (Å²) in [4.78, 5) is 68.2. The summed E-state index contributed by atoms with van der Waals surface area (Å²) in [6.07, 6.45) is 1.82. The number of carbonyl (C=O) groups excluding carboxylic acids is 5. The number of ether oxygens (including phenoxy) is 2. The highest BCUT2D eigenvalue weighted by atomic mass is 16.6. The third-order valence-corrected chi connectivity index (χ3v) is 8.82. The molecule has 0 aliphatic carbocycles. The predicted octanol–water partition coefficient (Wildman–Crippen LogP) is 6.21. The van der Waals surface area contributed by atoms with Crippen molar-refractivity contribution < 1.29 is 33.4 Å². The van der Waals surface area contributed by atoms with E-state index in [1.807, 2.05) is 88.4 Å². The zero-order valence-corrected chi connectivity index (χ0v) is 31.3. The lowest BCUT2D eigenvalue weighted by Crippen LogP contribution is -2.50. The number of epoxide rings is 1. The van der Waals surface area contributed by atoms with Gasteiger partial charge in [-0.05, 0) is 82.8 Å². The van der Waals surface area contributed by atoms with Crippen LogP contribution in [0.15, 0.2) is 60.7 Å². The van der Waals surface area contributed by atoms with Crippen LogP contribution in [0.2, 0.25) is 0 Å². The molecule has 0 saturated carbocycles. The summed E-state index contributed by atoms with van der Waals surface area (Å²) < 4.78 is 11.0. The highest BCUT2D eigenvalue weighted by molar-refractivity contribution is 5.98. The molecule has 0 bridgehead atoms. The van der Waals surface area contributed by atoms with E-state index in [0.717, 1.165) is 11.1 Å². The number of esters is 1. The smallest absolute Gasteiger partial charge is 0.307 e. The van der Waals surface area contributed by atoms with Gasteiger partial charge in [0.05, 0.1) is 25.1 Å². The van der Waals surface area contributed by atoms with Crippen LogP contribution in [0, 0.1) is 23.7 Å². The minimum absolute atomic E-state index is 0.0617. The average molecular weight is 691 g/mol. The first-order valence-corrected chi connectivity index (χ1v) is 18.1. The van der Waals surface area contributed by atoms with Crippen molar-refractivity contribution in [2.24, 2.45) is 23.7 Å². The standard InChI is InChI=1S/C41H58N2O7/c1-27(2)21-33(42-38(47)31(25-36(45)50-40(5,6)7)20-19-29-15-11-9-12-16-29)35(44)24-32(23-30-17-13-10-14-18-30)39(48)43-34(22-28(3)4)37(46)41(8)26-49-41/h9-18,27-28,31-34H,19-26H2,1-8H3,(H,42,47)(H,43,48)/t31-,32+,33+,34+,41-/m1/s1. The number of rotatable bonds is 20. The molecule has 1 heterocycles. The summed E-state index contributed by atoms with van der Waals surface area (Å²) in [5.74, 6) is -2.98.